The van der Waals surface area contributed by atoms with Gasteiger partial charge in [-0.05, 0) is 43.5 Å². The van der Waals surface area contributed by atoms with Crippen molar-refractivity contribution in [2.45, 2.75) is 19.4 Å². The predicted molar refractivity (Wildman–Crippen MR) is 83.7 cm³/mol. The van der Waals surface area contributed by atoms with E-state index >= 15 is 0 Å². The molecule has 1 saturated carbocycles. The molecule has 0 bridgehead atoms. The summed E-state index contributed by atoms with van der Waals surface area (Å²) >= 11 is 3.55. The Morgan fingerprint density at radius 3 is 2.89 bits per heavy atom. The van der Waals surface area contributed by atoms with Crippen LogP contribution in [-0.4, -0.2) is 33.9 Å². The van der Waals surface area contributed by atoms with Gasteiger partial charge >= 0.3 is 0 Å². The highest BCUT2D eigenvalue weighted by Gasteiger charge is 2.21. The summed E-state index contributed by atoms with van der Waals surface area (Å²) in [5.41, 5.74) is 2.58. The first kappa shape index (κ1) is 14.8. The first-order chi connectivity index (χ1) is 9.20. The largest absolute Gasteiger partial charge is 0.379 e. The maximum Gasteiger partial charge on any atom is 0.0641 e. The van der Waals surface area contributed by atoms with Crippen molar-refractivity contribution in [2.24, 2.45) is 5.92 Å². The molecule has 19 heavy (non-hydrogen) atoms. The van der Waals surface area contributed by atoms with Crippen LogP contribution in [0.4, 0.5) is 5.69 Å². The van der Waals surface area contributed by atoms with E-state index < -0.39 is 0 Å². The van der Waals surface area contributed by atoms with Crippen molar-refractivity contribution in [1.29, 1.82) is 0 Å². The normalized spacial score (nSPS) is 14.7. The Kier molecular flexibility index (Phi) is 5.67. The second-order valence-corrected chi connectivity index (χ2v) is 6.16. The summed E-state index contributed by atoms with van der Waals surface area (Å²) in [5, 5.41) is 3.22. The van der Waals surface area contributed by atoms with Crippen molar-refractivity contribution in [1.82, 2.24) is 5.32 Å². The molecule has 1 N–H and O–H groups in total. The third-order valence-corrected chi connectivity index (χ3v) is 3.94. The van der Waals surface area contributed by atoms with E-state index in [0.29, 0.717) is 0 Å². The summed E-state index contributed by atoms with van der Waals surface area (Å²) in [7, 11) is 4.10. The van der Waals surface area contributed by atoms with Gasteiger partial charge in [-0.25, -0.2) is 0 Å². The van der Waals surface area contributed by atoms with Gasteiger partial charge in [-0.15, -0.1) is 0 Å². The zero-order valence-corrected chi connectivity index (χ0v) is 13.4. The smallest absolute Gasteiger partial charge is 0.0641 e. The topological polar surface area (TPSA) is 24.5 Å². The fourth-order valence-corrected chi connectivity index (χ4v) is 2.44. The molecule has 0 radical (unpaired) electrons. The summed E-state index contributed by atoms with van der Waals surface area (Å²) in [4.78, 5) is 2.27. The predicted octanol–water partition coefficient (Wildman–Crippen LogP) is 3.03. The minimum absolute atomic E-state index is 0.804. The number of benzene rings is 1. The molecule has 0 amide bonds. The van der Waals surface area contributed by atoms with E-state index in [9.17, 15) is 0 Å². The summed E-state index contributed by atoms with van der Waals surface area (Å²) in [6.07, 6.45) is 2.71. The third kappa shape index (κ3) is 4.79. The molecule has 0 atom stereocenters. The molecule has 0 heterocycles. The molecule has 0 unspecified atom stereocenters. The molecule has 2 rings (SSSR count). The molecule has 106 valence electrons. The van der Waals surface area contributed by atoms with Crippen LogP contribution < -0.4 is 10.2 Å². The van der Waals surface area contributed by atoms with Crippen molar-refractivity contribution in [3.8, 4) is 0 Å². The quantitative estimate of drug-likeness (QED) is 0.743. The lowest BCUT2D eigenvalue weighted by molar-refractivity contribution is 0.131. The number of nitrogens with one attached hydrogen (secondary N) is 1. The monoisotopic (exact) mass is 326 g/mol. The maximum atomic E-state index is 5.71. The lowest BCUT2D eigenvalue weighted by Crippen LogP contribution is -2.24. The van der Waals surface area contributed by atoms with Crippen molar-refractivity contribution < 1.29 is 4.74 Å². The number of hydrogen-bond donors (Lipinski definition) is 1. The lowest BCUT2D eigenvalue weighted by atomic mass is 10.1. The van der Waals surface area contributed by atoms with Gasteiger partial charge in [-0.2, -0.15) is 0 Å². The van der Waals surface area contributed by atoms with E-state index in [2.05, 4.69) is 51.4 Å². The van der Waals surface area contributed by atoms with E-state index in [1.165, 1.54) is 24.1 Å². The molecule has 1 aliphatic carbocycles. The SMILES string of the molecule is CNCc1ccc(Br)cc1N(C)CCOCC1CC1. The summed E-state index contributed by atoms with van der Waals surface area (Å²) in [6.45, 7) is 3.56. The molecule has 1 aromatic carbocycles. The zero-order valence-electron chi connectivity index (χ0n) is 11.8. The lowest BCUT2D eigenvalue weighted by Gasteiger charge is -2.23. The van der Waals surface area contributed by atoms with Crippen LogP contribution in [0.5, 0.6) is 0 Å². The Balaban J connectivity index is 1.87. The molecule has 0 saturated heterocycles. The fraction of sp³-hybridized carbons (Fsp3) is 0.600. The van der Waals surface area contributed by atoms with Crippen molar-refractivity contribution in [3.63, 3.8) is 0 Å². The van der Waals surface area contributed by atoms with Crippen LogP contribution in [0.2, 0.25) is 0 Å². The van der Waals surface area contributed by atoms with Crippen LogP contribution in [0.1, 0.15) is 18.4 Å². The van der Waals surface area contributed by atoms with Gasteiger partial charge in [-0.3, -0.25) is 0 Å². The van der Waals surface area contributed by atoms with Gasteiger partial charge in [0.2, 0.25) is 0 Å². The molecule has 1 aromatic rings. The van der Waals surface area contributed by atoms with E-state index in [0.717, 1.165) is 36.7 Å². The Bertz CT molecular complexity index is 407. The summed E-state index contributed by atoms with van der Waals surface area (Å²) in [5.74, 6) is 0.844. The van der Waals surface area contributed by atoms with Crippen LogP contribution in [0.15, 0.2) is 22.7 Å². The van der Waals surface area contributed by atoms with Crippen LogP contribution in [0.3, 0.4) is 0 Å². The minimum atomic E-state index is 0.804. The average Bonchev–Trinajstić information content (AvgIpc) is 3.21. The number of anilines is 1. The summed E-state index contributed by atoms with van der Waals surface area (Å²) in [6, 6.07) is 6.43. The van der Waals surface area contributed by atoms with Crippen LogP contribution in [0, 0.1) is 5.92 Å². The average molecular weight is 327 g/mol. The van der Waals surface area contributed by atoms with Gasteiger partial charge in [0.25, 0.3) is 0 Å². The number of rotatable bonds is 8. The number of halogens is 1. The van der Waals surface area contributed by atoms with E-state index in [-0.39, 0.29) is 0 Å². The molecule has 0 aliphatic heterocycles. The van der Waals surface area contributed by atoms with Gasteiger partial charge in [-0.1, -0.05) is 22.0 Å². The summed E-state index contributed by atoms with van der Waals surface area (Å²) < 4.78 is 6.83. The van der Waals surface area contributed by atoms with Crippen LogP contribution in [0.25, 0.3) is 0 Å². The first-order valence-electron chi connectivity index (χ1n) is 6.92. The number of nitrogens with zero attached hydrogens (tertiary/aromatic N) is 1. The van der Waals surface area contributed by atoms with Gasteiger partial charge < -0.3 is 15.0 Å². The highest BCUT2D eigenvalue weighted by atomic mass is 79.9. The first-order valence-corrected chi connectivity index (χ1v) is 7.72. The number of hydrogen-bond acceptors (Lipinski definition) is 3. The molecule has 0 aromatic heterocycles. The highest BCUT2D eigenvalue weighted by molar-refractivity contribution is 9.10. The number of ether oxygens (including phenoxy) is 1. The van der Waals surface area contributed by atoms with Gasteiger partial charge in [0.05, 0.1) is 6.61 Å². The second kappa shape index (κ2) is 7.27. The Morgan fingerprint density at radius 1 is 1.42 bits per heavy atom. The molecule has 1 aliphatic rings. The Labute approximate surface area is 124 Å². The van der Waals surface area contributed by atoms with Gasteiger partial charge in [0.15, 0.2) is 0 Å². The van der Waals surface area contributed by atoms with Gasteiger partial charge in [0.1, 0.15) is 0 Å². The third-order valence-electron chi connectivity index (χ3n) is 3.45. The highest BCUT2D eigenvalue weighted by Crippen LogP contribution is 2.29. The minimum Gasteiger partial charge on any atom is -0.379 e. The molecular formula is C15H23BrN2O. The van der Waals surface area contributed by atoms with E-state index in [4.69, 9.17) is 4.74 Å². The van der Waals surface area contributed by atoms with E-state index in [1.54, 1.807) is 0 Å². The van der Waals surface area contributed by atoms with Crippen molar-refractivity contribution in [3.05, 3.63) is 28.2 Å². The van der Waals surface area contributed by atoms with Crippen molar-refractivity contribution in [2.75, 3.05) is 38.8 Å². The van der Waals surface area contributed by atoms with Crippen LogP contribution in [-0.2, 0) is 11.3 Å². The Hall–Kier alpha value is -0.580. The molecule has 0 spiro atoms. The fourth-order valence-electron chi connectivity index (χ4n) is 2.09. The Morgan fingerprint density at radius 2 is 2.21 bits per heavy atom. The molecule has 3 nitrogen and oxygen atoms in total. The zero-order chi connectivity index (χ0) is 13.7. The van der Waals surface area contributed by atoms with Crippen LogP contribution >= 0.6 is 15.9 Å². The molecule has 4 heteroatoms. The number of likely N-dealkylation sites (N-methyl/N-ethyl adjacent to an activating group) is 1. The maximum absolute atomic E-state index is 5.71. The molecular weight excluding hydrogens is 304 g/mol. The van der Waals surface area contributed by atoms with Gasteiger partial charge in [0, 0.05) is 36.9 Å². The standard InChI is InChI=1S/C15H23BrN2O/c1-17-10-13-5-6-14(16)9-15(13)18(2)7-8-19-11-12-3-4-12/h5-6,9,12,17H,3-4,7-8,10-11H2,1-2H3. The van der Waals surface area contributed by atoms with Crippen molar-refractivity contribution >= 4 is 21.6 Å². The van der Waals surface area contributed by atoms with E-state index in [1.807, 2.05) is 7.05 Å². The second-order valence-electron chi connectivity index (χ2n) is 5.24. The molecule has 1 fully saturated rings.